The van der Waals surface area contributed by atoms with Crippen molar-refractivity contribution in [1.29, 1.82) is 5.26 Å². The minimum Gasteiger partial charge on any atom is -0.466 e. The Morgan fingerprint density at radius 1 is 0.971 bits per heavy atom. The van der Waals surface area contributed by atoms with Crippen LogP contribution in [0.25, 0.3) is 0 Å². The Bertz CT molecular complexity index is 1270. The van der Waals surface area contributed by atoms with Crippen molar-refractivity contribution in [3.63, 3.8) is 0 Å². The summed E-state index contributed by atoms with van der Waals surface area (Å²) in [4.78, 5) is 40.1. The highest BCUT2D eigenvalue weighted by atomic mass is 16.5. The van der Waals surface area contributed by atoms with Crippen molar-refractivity contribution in [2.24, 2.45) is 11.7 Å². The van der Waals surface area contributed by atoms with Gasteiger partial charge in [-0.2, -0.15) is 5.26 Å². The second-order valence-corrected chi connectivity index (χ2v) is 8.37. The number of carbonyl (C=O) groups excluding carboxylic acids is 3. The van der Waals surface area contributed by atoms with Crippen LogP contribution in [0.3, 0.4) is 0 Å². The summed E-state index contributed by atoms with van der Waals surface area (Å²) in [5, 5.41) is 10.1. The summed E-state index contributed by atoms with van der Waals surface area (Å²) >= 11 is 0. The topological polar surface area (TPSA) is 123 Å². The smallest absolute Gasteiger partial charge is 0.355 e. The first kappa shape index (κ1) is 23.8. The number of allylic oxidation sites excluding steroid dienone is 1. The maximum Gasteiger partial charge on any atom is 0.355 e. The molecular formula is C27H25N3O5. The van der Waals surface area contributed by atoms with E-state index in [0.29, 0.717) is 16.8 Å². The van der Waals surface area contributed by atoms with E-state index in [4.69, 9.17) is 15.2 Å². The fourth-order valence-electron chi connectivity index (χ4n) is 4.46. The Balaban J connectivity index is 1.91. The number of nitrogens with zero attached hydrogens (tertiary/aromatic N) is 2. The maximum atomic E-state index is 13.1. The largest absolute Gasteiger partial charge is 0.466 e. The summed E-state index contributed by atoms with van der Waals surface area (Å²) in [7, 11) is 2.39. The monoisotopic (exact) mass is 471 g/mol. The van der Waals surface area contributed by atoms with Gasteiger partial charge < -0.3 is 15.2 Å². The van der Waals surface area contributed by atoms with E-state index in [-0.39, 0.29) is 34.4 Å². The standard InChI is InChI=1S/C27H25N3O5/c1-34-26(32)22-21(16-7-4-3-5-8-16)20(15-28)25(29)30(23(22)27(33)35-2)19-13-11-18(12-14-19)24(31)17-9-6-10-17/h3-5,7-8,11-14,17,21H,6,9-10,29H2,1-2H3. The molecule has 8 heteroatoms. The third kappa shape index (κ3) is 4.17. The Morgan fingerprint density at radius 2 is 1.60 bits per heavy atom. The van der Waals surface area contributed by atoms with Gasteiger partial charge in [0.05, 0.1) is 37.4 Å². The third-order valence-corrected chi connectivity index (χ3v) is 6.50. The van der Waals surface area contributed by atoms with Crippen molar-refractivity contribution in [3.05, 3.63) is 88.4 Å². The molecule has 1 saturated carbocycles. The minimum atomic E-state index is -0.932. The van der Waals surface area contributed by atoms with Gasteiger partial charge in [-0.15, -0.1) is 0 Å². The molecule has 0 saturated heterocycles. The SMILES string of the molecule is COC(=O)C1=C(C(=O)OC)N(c2ccc(C(=O)C3CCC3)cc2)C(N)=C(C#N)C1c1ccccc1. The number of nitriles is 1. The second kappa shape index (κ2) is 9.85. The number of anilines is 1. The number of ketones is 1. The van der Waals surface area contributed by atoms with E-state index in [1.165, 1.54) is 19.1 Å². The van der Waals surface area contributed by atoms with Crippen molar-refractivity contribution in [1.82, 2.24) is 0 Å². The van der Waals surface area contributed by atoms with Crippen LogP contribution in [0.5, 0.6) is 0 Å². The van der Waals surface area contributed by atoms with Crippen LogP contribution in [0.4, 0.5) is 5.69 Å². The third-order valence-electron chi connectivity index (χ3n) is 6.50. The number of methoxy groups -OCH3 is 2. The number of hydrogen-bond donors (Lipinski definition) is 1. The van der Waals surface area contributed by atoms with Crippen LogP contribution in [0.2, 0.25) is 0 Å². The van der Waals surface area contributed by atoms with Gasteiger partial charge in [-0.3, -0.25) is 9.69 Å². The van der Waals surface area contributed by atoms with Crippen LogP contribution in [0.1, 0.15) is 41.1 Å². The summed E-state index contributed by atoms with van der Waals surface area (Å²) < 4.78 is 10.0. The zero-order chi connectivity index (χ0) is 25.1. The number of hydrogen-bond acceptors (Lipinski definition) is 8. The van der Waals surface area contributed by atoms with Crippen molar-refractivity contribution in [2.75, 3.05) is 19.1 Å². The number of esters is 2. The maximum absolute atomic E-state index is 13.1. The van der Waals surface area contributed by atoms with Gasteiger partial charge in [0.15, 0.2) is 5.78 Å². The molecule has 1 heterocycles. The summed E-state index contributed by atoms with van der Waals surface area (Å²) in [6.45, 7) is 0. The summed E-state index contributed by atoms with van der Waals surface area (Å²) in [6, 6.07) is 17.5. The molecule has 0 spiro atoms. The Morgan fingerprint density at radius 3 is 2.11 bits per heavy atom. The van der Waals surface area contributed by atoms with E-state index in [1.807, 2.05) is 0 Å². The van der Waals surface area contributed by atoms with E-state index in [1.54, 1.807) is 54.6 Å². The Kier molecular flexibility index (Phi) is 6.69. The molecule has 0 radical (unpaired) electrons. The molecule has 1 atom stereocenters. The van der Waals surface area contributed by atoms with Crippen molar-refractivity contribution in [2.45, 2.75) is 25.2 Å². The van der Waals surface area contributed by atoms with Crippen LogP contribution >= 0.6 is 0 Å². The molecule has 2 aliphatic rings. The Labute approximate surface area is 203 Å². The number of ether oxygens (including phenoxy) is 2. The average Bonchev–Trinajstić information content (AvgIpc) is 2.86. The first-order chi connectivity index (χ1) is 16.9. The molecule has 2 N–H and O–H groups in total. The normalized spacial score (nSPS) is 18.0. The number of carbonyl (C=O) groups is 3. The highest BCUT2D eigenvalue weighted by molar-refractivity contribution is 6.06. The lowest BCUT2D eigenvalue weighted by Gasteiger charge is -2.36. The zero-order valence-electron chi connectivity index (χ0n) is 19.5. The predicted molar refractivity (Wildman–Crippen MR) is 128 cm³/mol. The van der Waals surface area contributed by atoms with Gasteiger partial charge in [0.25, 0.3) is 0 Å². The lowest BCUT2D eigenvalue weighted by Crippen LogP contribution is -2.40. The molecule has 0 amide bonds. The van der Waals surface area contributed by atoms with Gasteiger partial charge in [0.1, 0.15) is 11.5 Å². The highest BCUT2D eigenvalue weighted by Crippen LogP contribution is 2.43. The van der Waals surface area contributed by atoms with Gasteiger partial charge >= 0.3 is 11.9 Å². The lowest BCUT2D eigenvalue weighted by atomic mass is 9.80. The molecule has 178 valence electrons. The molecular weight excluding hydrogens is 446 g/mol. The van der Waals surface area contributed by atoms with Gasteiger partial charge in [-0.25, -0.2) is 9.59 Å². The Hall–Kier alpha value is -4.38. The van der Waals surface area contributed by atoms with Crippen LogP contribution in [0.15, 0.2) is 77.3 Å². The number of benzene rings is 2. The molecule has 1 fully saturated rings. The van der Waals surface area contributed by atoms with E-state index < -0.39 is 17.9 Å². The second-order valence-electron chi connectivity index (χ2n) is 8.37. The predicted octanol–water partition coefficient (Wildman–Crippen LogP) is 3.57. The fourth-order valence-corrected chi connectivity index (χ4v) is 4.46. The van der Waals surface area contributed by atoms with Crippen LogP contribution in [-0.2, 0) is 19.1 Å². The van der Waals surface area contributed by atoms with Crippen LogP contribution in [0, 0.1) is 17.2 Å². The van der Waals surface area contributed by atoms with Gasteiger partial charge in [-0.05, 0) is 42.7 Å². The molecule has 2 aromatic carbocycles. The molecule has 1 aliphatic heterocycles. The van der Waals surface area contributed by atoms with E-state index in [9.17, 15) is 19.6 Å². The van der Waals surface area contributed by atoms with Gasteiger partial charge in [0.2, 0.25) is 0 Å². The molecule has 0 bridgehead atoms. The molecule has 1 aliphatic carbocycles. The van der Waals surface area contributed by atoms with Crippen LogP contribution in [-0.4, -0.2) is 31.9 Å². The molecule has 0 aromatic heterocycles. The van der Waals surface area contributed by atoms with Crippen LogP contribution < -0.4 is 10.6 Å². The number of nitrogens with two attached hydrogens (primary N) is 1. The minimum absolute atomic E-state index is 0.0209. The van der Waals surface area contributed by atoms with E-state index in [0.717, 1.165) is 19.3 Å². The first-order valence-corrected chi connectivity index (χ1v) is 11.2. The first-order valence-electron chi connectivity index (χ1n) is 11.2. The van der Waals surface area contributed by atoms with E-state index >= 15 is 0 Å². The zero-order valence-corrected chi connectivity index (χ0v) is 19.5. The van der Waals surface area contributed by atoms with Gasteiger partial charge in [-0.1, -0.05) is 36.8 Å². The van der Waals surface area contributed by atoms with Gasteiger partial charge in [0, 0.05) is 17.2 Å². The quantitative estimate of drug-likeness (QED) is 0.501. The molecule has 35 heavy (non-hydrogen) atoms. The lowest BCUT2D eigenvalue weighted by molar-refractivity contribution is -0.139. The summed E-state index contributed by atoms with van der Waals surface area (Å²) in [5.74, 6) is -2.45. The molecule has 1 unspecified atom stereocenters. The van der Waals surface area contributed by atoms with Crippen molar-refractivity contribution >= 4 is 23.4 Å². The number of rotatable bonds is 6. The van der Waals surface area contributed by atoms with Crippen molar-refractivity contribution < 1.29 is 23.9 Å². The summed E-state index contributed by atoms with van der Waals surface area (Å²) in [6.07, 6.45) is 2.81. The average molecular weight is 472 g/mol. The van der Waals surface area contributed by atoms with E-state index in [2.05, 4.69) is 6.07 Å². The van der Waals surface area contributed by atoms with Crippen molar-refractivity contribution in [3.8, 4) is 6.07 Å². The molecule has 4 rings (SSSR count). The highest BCUT2D eigenvalue weighted by Gasteiger charge is 2.43. The fraction of sp³-hybridized carbons (Fsp3) is 0.259. The summed E-state index contributed by atoms with van der Waals surface area (Å²) in [5.41, 5.74) is 7.89. The molecule has 8 nitrogen and oxygen atoms in total. The number of Topliss-reactive ketones (excluding diaryl/α,β-unsaturated/α-hetero) is 1. The molecule has 2 aromatic rings.